The van der Waals surface area contributed by atoms with Gasteiger partial charge in [0.25, 0.3) is 0 Å². The van der Waals surface area contributed by atoms with Crippen LogP contribution in [0.5, 0.6) is 0 Å². The first-order valence-corrected chi connectivity index (χ1v) is 7.27. The van der Waals surface area contributed by atoms with E-state index in [1.165, 1.54) is 0 Å². The fourth-order valence-corrected chi connectivity index (χ4v) is 3.62. The summed E-state index contributed by atoms with van der Waals surface area (Å²) in [5, 5.41) is 7.60. The Morgan fingerprint density at radius 2 is 2.37 bits per heavy atom. The van der Waals surface area contributed by atoms with Crippen molar-refractivity contribution in [3.8, 4) is 0 Å². The molecule has 0 saturated carbocycles. The monoisotopic (exact) mass is 262 g/mol. The van der Waals surface area contributed by atoms with Gasteiger partial charge < -0.3 is 10.2 Å². The van der Waals surface area contributed by atoms with Gasteiger partial charge in [0.2, 0.25) is 5.91 Å². The van der Waals surface area contributed by atoms with Crippen LogP contribution in [0.4, 0.5) is 0 Å². The average Bonchev–Trinajstić information content (AvgIpc) is 3.11. The van der Waals surface area contributed by atoms with Crippen molar-refractivity contribution in [2.45, 2.75) is 32.4 Å². The van der Waals surface area contributed by atoms with Gasteiger partial charge in [0.15, 0.2) is 0 Å². The summed E-state index contributed by atoms with van der Waals surface area (Å²) in [6.07, 6.45) is 5.29. The summed E-state index contributed by atoms with van der Waals surface area (Å²) in [4.78, 5) is 14.5. The molecule has 2 aliphatic heterocycles. The van der Waals surface area contributed by atoms with Crippen LogP contribution < -0.4 is 5.32 Å². The van der Waals surface area contributed by atoms with Crippen LogP contribution in [0.15, 0.2) is 18.5 Å². The van der Waals surface area contributed by atoms with Gasteiger partial charge in [-0.2, -0.15) is 5.10 Å². The van der Waals surface area contributed by atoms with Crippen molar-refractivity contribution in [1.82, 2.24) is 20.0 Å². The number of carbonyl (C=O) groups excluding carboxylic acids is 1. The van der Waals surface area contributed by atoms with Crippen LogP contribution in [-0.4, -0.2) is 46.3 Å². The largest absolute Gasteiger partial charge is 0.339 e. The number of carbonyl (C=O) groups is 1. The molecule has 1 amide bonds. The summed E-state index contributed by atoms with van der Waals surface area (Å²) in [5.41, 5.74) is 0. The number of aromatic nitrogens is 2. The van der Waals surface area contributed by atoms with Gasteiger partial charge >= 0.3 is 0 Å². The van der Waals surface area contributed by atoms with Crippen LogP contribution >= 0.6 is 0 Å². The third-order valence-electron chi connectivity index (χ3n) is 4.57. The number of aryl methyl sites for hydroxylation is 1. The van der Waals surface area contributed by atoms with Crippen molar-refractivity contribution in [3.63, 3.8) is 0 Å². The molecule has 19 heavy (non-hydrogen) atoms. The lowest BCUT2D eigenvalue weighted by Crippen LogP contribution is -2.39. The smallest absolute Gasteiger partial charge is 0.224 e. The normalized spacial score (nSPS) is 29.7. The van der Waals surface area contributed by atoms with Gasteiger partial charge in [-0.1, -0.05) is 6.92 Å². The fraction of sp³-hybridized carbons (Fsp3) is 0.714. The predicted molar refractivity (Wildman–Crippen MR) is 72.5 cm³/mol. The van der Waals surface area contributed by atoms with Crippen molar-refractivity contribution >= 4 is 5.91 Å². The molecule has 5 heteroatoms. The predicted octanol–water partition coefficient (Wildman–Crippen LogP) is 0.730. The van der Waals surface area contributed by atoms with E-state index in [4.69, 9.17) is 0 Å². The Hall–Kier alpha value is -1.36. The zero-order valence-electron chi connectivity index (χ0n) is 11.5. The Morgan fingerprint density at radius 3 is 3.11 bits per heavy atom. The van der Waals surface area contributed by atoms with E-state index < -0.39 is 0 Å². The Labute approximate surface area is 114 Å². The molecule has 2 aliphatic rings. The molecule has 3 atom stereocenters. The molecule has 0 aliphatic carbocycles. The number of likely N-dealkylation sites (tertiary alicyclic amines) is 1. The minimum Gasteiger partial charge on any atom is -0.339 e. The molecule has 104 valence electrons. The van der Waals surface area contributed by atoms with Crippen LogP contribution in [0, 0.1) is 11.8 Å². The Kier molecular flexibility index (Phi) is 3.55. The molecule has 3 unspecified atom stereocenters. The number of fused-ring (bicyclic) bond motifs is 1. The second-order valence-corrected chi connectivity index (χ2v) is 5.62. The van der Waals surface area contributed by atoms with Gasteiger partial charge in [0.05, 0.1) is 0 Å². The van der Waals surface area contributed by atoms with Gasteiger partial charge in [-0.15, -0.1) is 0 Å². The van der Waals surface area contributed by atoms with Gasteiger partial charge in [0, 0.05) is 51.0 Å². The summed E-state index contributed by atoms with van der Waals surface area (Å²) in [6.45, 7) is 5.97. The van der Waals surface area contributed by atoms with E-state index in [0.29, 0.717) is 30.8 Å². The van der Waals surface area contributed by atoms with E-state index in [-0.39, 0.29) is 5.91 Å². The molecule has 0 bridgehead atoms. The maximum atomic E-state index is 12.4. The van der Waals surface area contributed by atoms with Crippen molar-refractivity contribution in [2.75, 3.05) is 19.6 Å². The first-order valence-electron chi connectivity index (χ1n) is 7.27. The first-order chi connectivity index (χ1) is 9.29. The SMILES string of the molecule is CCC1C2CNCC2CN1C(=O)CCn1cccn1. The van der Waals surface area contributed by atoms with Gasteiger partial charge in [-0.05, 0) is 24.3 Å². The van der Waals surface area contributed by atoms with Crippen LogP contribution in [0.25, 0.3) is 0 Å². The van der Waals surface area contributed by atoms with Gasteiger partial charge in [-0.25, -0.2) is 0 Å². The zero-order valence-corrected chi connectivity index (χ0v) is 11.5. The highest BCUT2D eigenvalue weighted by Gasteiger charge is 2.44. The molecule has 1 aromatic rings. The van der Waals surface area contributed by atoms with Crippen molar-refractivity contribution in [2.24, 2.45) is 11.8 Å². The Bertz CT molecular complexity index is 431. The van der Waals surface area contributed by atoms with E-state index >= 15 is 0 Å². The number of nitrogens with zero attached hydrogens (tertiary/aromatic N) is 3. The molecule has 1 aromatic heterocycles. The number of nitrogens with one attached hydrogen (secondary N) is 1. The quantitative estimate of drug-likeness (QED) is 0.870. The summed E-state index contributed by atoms with van der Waals surface area (Å²) >= 11 is 0. The summed E-state index contributed by atoms with van der Waals surface area (Å²) in [5.74, 6) is 1.62. The first kappa shape index (κ1) is 12.7. The minimum atomic E-state index is 0.289. The molecule has 5 nitrogen and oxygen atoms in total. The van der Waals surface area contributed by atoms with Crippen LogP contribution in [0.3, 0.4) is 0 Å². The molecule has 1 N–H and O–H groups in total. The zero-order chi connectivity index (χ0) is 13.2. The molecule has 0 spiro atoms. The lowest BCUT2D eigenvalue weighted by atomic mass is 9.93. The van der Waals surface area contributed by atoms with E-state index in [9.17, 15) is 4.79 Å². The maximum absolute atomic E-state index is 12.4. The lowest BCUT2D eigenvalue weighted by molar-refractivity contribution is -0.132. The van der Waals surface area contributed by atoms with Crippen LogP contribution in [0.2, 0.25) is 0 Å². The molecule has 2 fully saturated rings. The molecular formula is C14H22N4O. The second kappa shape index (κ2) is 5.33. The lowest BCUT2D eigenvalue weighted by Gasteiger charge is -2.27. The second-order valence-electron chi connectivity index (χ2n) is 5.62. The molecule has 0 aromatic carbocycles. The van der Waals surface area contributed by atoms with E-state index in [0.717, 1.165) is 26.1 Å². The highest BCUT2D eigenvalue weighted by atomic mass is 16.2. The number of rotatable bonds is 4. The number of hydrogen-bond donors (Lipinski definition) is 1. The maximum Gasteiger partial charge on any atom is 0.224 e. The molecule has 3 heterocycles. The summed E-state index contributed by atoms with van der Waals surface area (Å²) in [7, 11) is 0. The van der Waals surface area contributed by atoms with E-state index in [2.05, 4.69) is 22.2 Å². The van der Waals surface area contributed by atoms with E-state index in [1.54, 1.807) is 6.20 Å². The third-order valence-corrected chi connectivity index (χ3v) is 4.57. The Morgan fingerprint density at radius 1 is 1.47 bits per heavy atom. The van der Waals surface area contributed by atoms with Crippen LogP contribution in [0.1, 0.15) is 19.8 Å². The van der Waals surface area contributed by atoms with Crippen molar-refractivity contribution in [3.05, 3.63) is 18.5 Å². The van der Waals surface area contributed by atoms with Gasteiger partial charge in [0.1, 0.15) is 0 Å². The third kappa shape index (κ3) is 2.39. The fourth-order valence-electron chi connectivity index (χ4n) is 3.62. The molecule has 3 rings (SSSR count). The highest BCUT2D eigenvalue weighted by Crippen LogP contribution is 2.34. The number of amides is 1. The summed E-state index contributed by atoms with van der Waals surface area (Å²) in [6, 6.07) is 2.33. The summed E-state index contributed by atoms with van der Waals surface area (Å²) < 4.78 is 1.83. The van der Waals surface area contributed by atoms with Crippen LogP contribution in [-0.2, 0) is 11.3 Å². The van der Waals surface area contributed by atoms with Crippen molar-refractivity contribution in [1.29, 1.82) is 0 Å². The topological polar surface area (TPSA) is 50.2 Å². The standard InChI is InChI=1S/C14H22N4O/c1-2-13-12-9-15-8-11(12)10-18(13)14(19)4-7-17-6-3-5-16-17/h3,5-6,11-13,15H,2,4,7-10H2,1H3. The van der Waals surface area contributed by atoms with E-state index in [1.807, 2.05) is 16.9 Å². The van der Waals surface area contributed by atoms with Gasteiger partial charge in [-0.3, -0.25) is 9.48 Å². The Balaban J connectivity index is 1.60. The highest BCUT2D eigenvalue weighted by molar-refractivity contribution is 5.77. The average molecular weight is 262 g/mol. The molecular weight excluding hydrogens is 240 g/mol. The number of hydrogen-bond acceptors (Lipinski definition) is 3. The minimum absolute atomic E-state index is 0.289. The molecule has 2 saturated heterocycles. The van der Waals surface area contributed by atoms with Crippen molar-refractivity contribution < 1.29 is 4.79 Å². The molecule has 0 radical (unpaired) electrons.